The topological polar surface area (TPSA) is 72.4 Å². The highest BCUT2D eigenvalue weighted by molar-refractivity contribution is 9.10. The molecular weight excluding hydrogens is 326 g/mol. The summed E-state index contributed by atoms with van der Waals surface area (Å²) in [4.78, 5) is 23.7. The van der Waals surface area contributed by atoms with E-state index in [-0.39, 0.29) is 17.3 Å². The average Bonchev–Trinajstić information content (AvgIpc) is 2.43. The Balaban J connectivity index is 1.89. The summed E-state index contributed by atoms with van der Waals surface area (Å²) in [6.45, 7) is 2.10. The van der Waals surface area contributed by atoms with Crippen LogP contribution in [0, 0.1) is 5.92 Å². The standard InChI is InChI=1S/C13H18BrN3O3/c1-17-8-10(14)6-11(12(17)18)16-13(19)15-7-9-2-4-20-5-3-9/h6,8-9H,2-5,7H2,1H3,(H2,15,16,19). The molecule has 1 aliphatic heterocycles. The summed E-state index contributed by atoms with van der Waals surface area (Å²) in [7, 11) is 1.64. The Labute approximate surface area is 125 Å². The molecule has 0 spiro atoms. The van der Waals surface area contributed by atoms with Crippen molar-refractivity contribution >= 4 is 27.6 Å². The van der Waals surface area contributed by atoms with Crippen LogP contribution in [0.25, 0.3) is 0 Å². The fourth-order valence-corrected chi connectivity index (χ4v) is 2.65. The van der Waals surface area contributed by atoms with Crippen molar-refractivity contribution in [1.29, 1.82) is 0 Å². The lowest BCUT2D eigenvalue weighted by Crippen LogP contribution is -2.36. The first-order valence-electron chi connectivity index (χ1n) is 6.55. The minimum atomic E-state index is -0.355. The molecule has 0 bridgehead atoms. The second kappa shape index (κ2) is 6.90. The van der Waals surface area contributed by atoms with Crippen molar-refractivity contribution < 1.29 is 9.53 Å². The number of halogens is 1. The van der Waals surface area contributed by atoms with Crippen LogP contribution in [-0.2, 0) is 11.8 Å². The number of hydrogen-bond acceptors (Lipinski definition) is 3. The van der Waals surface area contributed by atoms with Gasteiger partial charge in [0.2, 0.25) is 0 Å². The molecule has 1 aromatic heterocycles. The second-order valence-electron chi connectivity index (χ2n) is 4.88. The Morgan fingerprint density at radius 1 is 1.50 bits per heavy atom. The first-order chi connectivity index (χ1) is 9.56. The fraction of sp³-hybridized carbons (Fsp3) is 0.538. The summed E-state index contributed by atoms with van der Waals surface area (Å²) in [5.74, 6) is 0.444. The third-order valence-electron chi connectivity index (χ3n) is 3.29. The van der Waals surface area contributed by atoms with Gasteiger partial charge in [-0.15, -0.1) is 0 Å². The number of nitrogens with zero attached hydrogens (tertiary/aromatic N) is 1. The number of urea groups is 1. The monoisotopic (exact) mass is 343 g/mol. The molecule has 1 aliphatic rings. The summed E-state index contributed by atoms with van der Waals surface area (Å²) in [5, 5.41) is 5.38. The second-order valence-corrected chi connectivity index (χ2v) is 5.79. The van der Waals surface area contributed by atoms with Crippen LogP contribution >= 0.6 is 15.9 Å². The van der Waals surface area contributed by atoms with Crippen LogP contribution in [0.1, 0.15) is 12.8 Å². The van der Waals surface area contributed by atoms with E-state index >= 15 is 0 Å². The molecule has 0 aromatic carbocycles. The lowest BCUT2D eigenvalue weighted by molar-refractivity contribution is 0.0671. The molecule has 0 saturated carbocycles. The SMILES string of the molecule is Cn1cc(Br)cc(NC(=O)NCC2CCOCC2)c1=O. The number of amides is 2. The zero-order chi connectivity index (χ0) is 14.5. The van der Waals surface area contributed by atoms with E-state index in [0.29, 0.717) is 12.5 Å². The number of ether oxygens (including phenoxy) is 1. The number of pyridine rings is 1. The Bertz CT molecular complexity index is 538. The number of carbonyl (C=O) groups excluding carboxylic acids is 1. The molecule has 7 heteroatoms. The first kappa shape index (κ1) is 15.1. The van der Waals surface area contributed by atoms with Crippen molar-refractivity contribution in [2.75, 3.05) is 25.1 Å². The summed E-state index contributed by atoms with van der Waals surface area (Å²) < 4.78 is 7.42. The van der Waals surface area contributed by atoms with Crippen molar-refractivity contribution in [3.63, 3.8) is 0 Å². The largest absolute Gasteiger partial charge is 0.381 e. The quantitative estimate of drug-likeness (QED) is 0.877. The van der Waals surface area contributed by atoms with Gasteiger partial charge in [0.1, 0.15) is 5.69 Å². The van der Waals surface area contributed by atoms with E-state index < -0.39 is 0 Å². The minimum Gasteiger partial charge on any atom is -0.381 e. The maximum absolute atomic E-state index is 11.8. The zero-order valence-corrected chi connectivity index (χ0v) is 12.9. The normalized spacial score (nSPS) is 15.9. The first-order valence-corrected chi connectivity index (χ1v) is 7.34. The molecule has 1 saturated heterocycles. The van der Waals surface area contributed by atoms with Gasteiger partial charge in [-0.25, -0.2) is 4.79 Å². The zero-order valence-electron chi connectivity index (χ0n) is 11.3. The molecule has 0 atom stereocenters. The van der Waals surface area contributed by atoms with Crippen molar-refractivity contribution in [2.24, 2.45) is 13.0 Å². The third kappa shape index (κ3) is 4.08. The molecule has 0 aliphatic carbocycles. The van der Waals surface area contributed by atoms with Crippen LogP contribution < -0.4 is 16.2 Å². The molecule has 110 valence electrons. The maximum Gasteiger partial charge on any atom is 0.319 e. The number of hydrogen-bond donors (Lipinski definition) is 2. The van der Waals surface area contributed by atoms with Crippen molar-refractivity contribution in [3.05, 3.63) is 27.1 Å². The maximum atomic E-state index is 11.8. The van der Waals surface area contributed by atoms with E-state index in [9.17, 15) is 9.59 Å². The third-order valence-corrected chi connectivity index (χ3v) is 3.72. The highest BCUT2D eigenvalue weighted by Crippen LogP contribution is 2.14. The van der Waals surface area contributed by atoms with Gasteiger partial charge in [0.05, 0.1) is 0 Å². The highest BCUT2D eigenvalue weighted by Gasteiger charge is 2.15. The summed E-state index contributed by atoms with van der Waals surface area (Å²) >= 11 is 3.29. The van der Waals surface area contributed by atoms with Crippen molar-refractivity contribution in [1.82, 2.24) is 9.88 Å². The lowest BCUT2D eigenvalue weighted by Gasteiger charge is -2.22. The molecule has 2 heterocycles. The van der Waals surface area contributed by atoms with Gasteiger partial charge in [-0.2, -0.15) is 0 Å². The molecule has 2 rings (SSSR count). The van der Waals surface area contributed by atoms with Crippen LogP contribution in [0.3, 0.4) is 0 Å². The molecule has 6 nitrogen and oxygen atoms in total. The minimum absolute atomic E-state index is 0.241. The predicted octanol–water partition coefficient (Wildman–Crippen LogP) is 1.70. The number of aromatic nitrogens is 1. The summed E-state index contributed by atoms with van der Waals surface area (Å²) in [5.41, 5.74) is 0.0146. The van der Waals surface area contributed by atoms with Gasteiger partial charge in [-0.05, 0) is 40.8 Å². The van der Waals surface area contributed by atoms with Crippen LogP contribution in [0.15, 0.2) is 21.5 Å². The molecule has 1 aromatic rings. The molecule has 0 unspecified atom stereocenters. The van der Waals surface area contributed by atoms with Gasteiger partial charge in [-0.1, -0.05) is 0 Å². The van der Waals surface area contributed by atoms with Crippen LogP contribution in [-0.4, -0.2) is 30.4 Å². The Hall–Kier alpha value is -1.34. The predicted molar refractivity (Wildman–Crippen MR) is 79.9 cm³/mol. The van der Waals surface area contributed by atoms with E-state index in [1.165, 1.54) is 4.57 Å². The number of aryl methyl sites for hydroxylation is 1. The Morgan fingerprint density at radius 3 is 2.90 bits per heavy atom. The summed E-state index contributed by atoms with van der Waals surface area (Å²) in [6, 6.07) is 1.24. The highest BCUT2D eigenvalue weighted by atomic mass is 79.9. The Morgan fingerprint density at radius 2 is 2.20 bits per heavy atom. The van der Waals surface area contributed by atoms with Gasteiger partial charge in [-0.3, -0.25) is 4.79 Å². The summed E-state index contributed by atoms with van der Waals surface area (Å²) in [6.07, 6.45) is 3.56. The number of rotatable bonds is 3. The van der Waals surface area contributed by atoms with Crippen molar-refractivity contribution in [3.8, 4) is 0 Å². The Kier molecular flexibility index (Phi) is 5.19. The fourth-order valence-electron chi connectivity index (χ4n) is 2.11. The molecule has 0 radical (unpaired) electrons. The van der Waals surface area contributed by atoms with Gasteiger partial charge >= 0.3 is 6.03 Å². The molecule has 2 N–H and O–H groups in total. The molecule has 20 heavy (non-hydrogen) atoms. The number of carbonyl (C=O) groups is 1. The smallest absolute Gasteiger partial charge is 0.319 e. The average molecular weight is 344 g/mol. The number of anilines is 1. The van der Waals surface area contributed by atoms with E-state index in [4.69, 9.17) is 4.74 Å². The molecule has 1 fully saturated rings. The van der Waals surface area contributed by atoms with Gasteiger partial charge in [0, 0.05) is 37.5 Å². The van der Waals surface area contributed by atoms with E-state index in [0.717, 1.165) is 30.5 Å². The van der Waals surface area contributed by atoms with Gasteiger partial charge in [0.15, 0.2) is 0 Å². The van der Waals surface area contributed by atoms with Crippen LogP contribution in [0.4, 0.5) is 10.5 Å². The van der Waals surface area contributed by atoms with Crippen LogP contribution in [0.5, 0.6) is 0 Å². The molecule has 2 amide bonds. The molecular formula is C13H18BrN3O3. The van der Waals surface area contributed by atoms with Crippen molar-refractivity contribution in [2.45, 2.75) is 12.8 Å². The van der Waals surface area contributed by atoms with E-state index in [1.807, 2.05) is 0 Å². The van der Waals surface area contributed by atoms with E-state index in [1.54, 1.807) is 19.3 Å². The van der Waals surface area contributed by atoms with Crippen LogP contribution in [0.2, 0.25) is 0 Å². The van der Waals surface area contributed by atoms with Gasteiger partial charge in [0.25, 0.3) is 5.56 Å². The number of nitrogens with one attached hydrogen (secondary N) is 2. The van der Waals surface area contributed by atoms with Gasteiger partial charge < -0.3 is 19.9 Å². The van der Waals surface area contributed by atoms with E-state index in [2.05, 4.69) is 26.6 Å². The lowest BCUT2D eigenvalue weighted by atomic mass is 10.0.